The zero-order valence-corrected chi connectivity index (χ0v) is 22.4. The molecule has 1 N–H and O–H groups in total. The normalized spacial score (nSPS) is 11.7. The lowest BCUT2D eigenvalue weighted by molar-refractivity contribution is -0.141. The fraction of sp³-hybridized carbons (Fsp3) is 0.212. The minimum Gasteiger partial charge on any atom is -0.355 e. The summed E-state index contributed by atoms with van der Waals surface area (Å²) in [5.74, 6) is -0.393. The van der Waals surface area contributed by atoms with Crippen LogP contribution in [-0.4, -0.2) is 29.3 Å². The van der Waals surface area contributed by atoms with Crippen LogP contribution in [0, 0.1) is 0 Å². The lowest BCUT2D eigenvalue weighted by atomic mass is 9.87. The van der Waals surface area contributed by atoms with Crippen molar-refractivity contribution in [2.75, 3.05) is 6.54 Å². The van der Waals surface area contributed by atoms with Gasteiger partial charge in [-0.05, 0) is 41.3 Å². The largest absolute Gasteiger partial charge is 0.355 e. The van der Waals surface area contributed by atoms with Crippen LogP contribution in [0.5, 0.6) is 0 Å². The summed E-state index contributed by atoms with van der Waals surface area (Å²) in [5, 5.41) is 3.55. The Morgan fingerprint density at radius 2 is 1.32 bits per heavy atom. The standard InChI is InChI=1S/C33H33ClN2O2/c1-2-35-33(38)31(22-25-13-6-3-7-14-25)36(24-26-15-12-20-29(34)21-26)32(37)23-30(27-16-8-4-9-17-27)28-18-10-5-11-19-28/h3-21,30-31H,2,22-24H2,1H3,(H,35,38)/t31-/m0/s1. The van der Waals surface area contributed by atoms with Gasteiger partial charge in [0.2, 0.25) is 11.8 Å². The van der Waals surface area contributed by atoms with E-state index < -0.39 is 6.04 Å². The molecule has 0 saturated carbocycles. The van der Waals surface area contributed by atoms with E-state index in [4.69, 9.17) is 11.6 Å². The van der Waals surface area contributed by atoms with Gasteiger partial charge in [-0.2, -0.15) is 0 Å². The molecule has 0 unspecified atom stereocenters. The van der Waals surface area contributed by atoms with Gasteiger partial charge in [-0.1, -0.05) is 115 Å². The van der Waals surface area contributed by atoms with Gasteiger partial charge in [0.05, 0.1) is 0 Å². The zero-order valence-electron chi connectivity index (χ0n) is 21.6. The number of likely N-dealkylation sites (N-methyl/N-ethyl adjacent to an activating group) is 1. The molecule has 0 heterocycles. The Balaban J connectivity index is 1.72. The van der Waals surface area contributed by atoms with Crippen molar-refractivity contribution in [1.29, 1.82) is 0 Å². The molecule has 0 bridgehead atoms. The topological polar surface area (TPSA) is 49.4 Å². The van der Waals surface area contributed by atoms with Crippen molar-refractivity contribution >= 4 is 23.4 Å². The highest BCUT2D eigenvalue weighted by Crippen LogP contribution is 2.30. The number of rotatable bonds is 11. The van der Waals surface area contributed by atoms with E-state index in [2.05, 4.69) is 29.6 Å². The highest BCUT2D eigenvalue weighted by Gasteiger charge is 2.32. The molecule has 0 aliphatic heterocycles. The van der Waals surface area contributed by atoms with Crippen molar-refractivity contribution in [2.45, 2.75) is 38.3 Å². The monoisotopic (exact) mass is 524 g/mol. The van der Waals surface area contributed by atoms with Crippen LogP contribution < -0.4 is 5.32 Å². The average Bonchev–Trinajstić information content (AvgIpc) is 2.95. The maximum atomic E-state index is 14.2. The summed E-state index contributed by atoms with van der Waals surface area (Å²) in [4.78, 5) is 29.4. The number of halogens is 1. The lowest BCUT2D eigenvalue weighted by Crippen LogP contribution is -2.50. The van der Waals surface area contributed by atoms with Gasteiger partial charge in [-0.25, -0.2) is 0 Å². The highest BCUT2D eigenvalue weighted by molar-refractivity contribution is 6.30. The predicted molar refractivity (Wildman–Crippen MR) is 154 cm³/mol. The van der Waals surface area contributed by atoms with Crippen LogP contribution in [0.25, 0.3) is 0 Å². The van der Waals surface area contributed by atoms with Crippen LogP contribution in [0.3, 0.4) is 0 Å². The molecule has 0 aliphatic rings. The number of hydrogen-bond donors (Lipinski definition) is 1. The molecule has 0 spiro atoms. The van der Waals surface area contributed by atoms with Crippen molar-refractivity contribution in [3.05, 3.63) is 143 Å². The Hall–Kier alpha value is -3.89. The number of benzene rings is 4. The quantitative estimate of drug-likeness (QED) is 0.239. The molecule has 4 aromatic carbocycles. The molecular formula is C33H33ClN2O2. The van der Waals surface area contributed by atoms with Gasteiger partial charge in [0.1, 0.15) is 6.04 Å². The highest BCUT2D eigenvalue weighted by atomic mass is 35.5. The second-order valence-corrected chi connectivity index (χ2v) is 9.77. The molecule has 0 saturated heterocycles. The number of nitrogens with one attached hydrogen (secondary N) is 1. The Labute approximate surface area is 230 Å². The molecule has 4 nitrogen and oxygen atoms in total. The fourth-order valence-corrected chi connectivity index (χ4v) is 4.98. The third kappa shape index (κ3) is 7.33. The van der Waals surface area contributed by atoms with E-state index in [1.54, 1.807) is 4.90 Å². The van der Waals surface area contributed by atoms with Gasteiger partial charge in [0, 0.05) is 36.9 Å². The first-order chi connectivity index (χ1) is 18.5. The summed E-state index contributed by atoms with van der Waals surface area (Å²) in [6, 6.07) is 36.8. The van der Waals surface area contributed by atoms with E-state index in [-0.39, 0.29) is 30.7 Å². The minimum atomic E-state index is -0.670. The first kappa shape index (κ1) is 27.2. The van der Waals surface area contributed by atoms with Gasteiger partial charge < -0.3 is 10.2 Å². The van der Waals surface area contributed by atoms with Crippen LogP contribution in [0.1, 0.15) is 41.5 Å². The van der Waals surface area contributed by atoms with Crippen molar-refractivity contribution in [1.82, 2.24) is 10.2 Å². The molecule has 194 valence electrons. The van der Waals surface area contributed by atoms with E-state index in [0.717, 1.165) is 22.3 Å². The lowest BCUT2D eigenvalue weighted by Gasteiger charge is -2.33. The molecule has 0 aliphatic carbocycles. The second kappa shape index (κ2) is 13.6. The smallest absolute Gasteiger partial charge is 0.243 e. The SMILES string of the molecule is CCNC(=O)[C@H](Cc1ccccc1)N(Cc1cccc(Cl)c1)C(=O)CC(c1ccccc1)c1ccccc1. The van der Waals surface area contributed by atoms with Crippen molar-refractivity contribution < 1.29 is 9.59 Å². The number of nitrogens with zero attached hydrogens (tertiary/aromatic N) is 1. The number of amides is 2. The third-order valence-electron chi connectivity index (χ3n) is 6.65. The predicted octanol–water partition coefficient (Wildman–Crippen LogP) is 6.64. The second-order valence-electron chi connectivity index (χ2n) is 9.33. The van der Waals surface area contributed by atoms with Crippen LogP contribution in [0.4, 0.5) is 0 Å². The molecule has 1 atom stereocenters. The Kier molecular flexibility index (Phi) is 9.71. The van der Waals surface area contributed by atoms with E-state index >= 15 is 0 Å². The van der Waals surface area contributed by atoms with Crippen LogP contribution in [-0.2, 0) is 22.6 Å². The number of hydrogen-bond acceptors (Lipinski definition) is 2. The molecule has 0 radical (unpaired) electrons. The van der Waals surface area contributed by atoms with Gasteiger partial charge in [-0.3, -0.25) is 9.59 Å². The first-order valence-corrected chi connectivity index (χ1v) is 13.4. The summed E-state index contributed by atoms with van der Waals surface area (Å²) < 4.78 is 0. The van der Waals surface area contributed by atoms with E-state index in [0.29, 0.717) is 18.0 Å². The molecule has 0 fully saturated rings. The summed E-state index contributed by atoms with van der Waals surface area (Å²) >= 11 is 6.29. The Morgan fingerprint density at radius 1 is 0.763 bits per heavy atom. The van der Waals surface area contributed by atoms with Crippen LogP contribution >= 0.6 is 11.6 Å². The Bertz CT molecular complexity index is 1270. The van der Waals surface area contributed by atoms with E-state index in [1.165, 1.54) is 0 Å². The first-order valence-electron chi connectivity index (χ1n) is 13.0. The van der Waals surface area contributed by atoms with Crippen LogP contribution in [0.2, 0.25) is 5.02 Å². The average molecular weight is 525 g/mol. The molecule has 2 amide bonds. The van der Waals surface area contributed by atoms with Gasteiger partial charge in [0.25, 0.3) is 0 Å². The van der Waals surface area contributed by atoms with E-state index in [1.807, 2.05) is 97.9 Å². The van der Waals surface area contributed by atoms with E-state index in [9.17, 15) is 9.59 Å². The number of carbonyl (C=O) groups is 2. The van der Waals surface area contributed by atoms with Crippen LogP contribution in [0.15, 0.2) is 115 Å². The summed E-state index contributed by atoms with van der Waals surface area (Å²) in [7, 11) is 0. The molecule has 4 aromatic rings. The molecule has 38 heavy (non-hydrogen) atoms. The maximum Gasteiger partial charge on any atom is 0.243 e. The Morgan fingerprint density at radius 3 is 1.87 bits per heavy atom. The third-order valence-corrected chi connectivity index (χ3v) is 6.88. The van der Waals surface area contributed by atoms with Gasteiger partial charge in [-0.15, -0.1) is 0 Å². The molecule has 0 aromatic heterocycles. The maximum absolute atomic E-state index is 14.2. The summed E-state index contributed by atoms with van der Waals surface area (Å²) in [5.41, 5.74) is 4.00. The fourth-order valence-electron chi connectivity index (χ4n) is 4.77. The molecule has 4 rings (SSSR count). The van der Waals surface area contributed by atoms with Crippen molar-refractivity contribution in [3.8, 4) is 0 Å². The van der Waals surface area contributed by atoms with Gasteiger partial charge >= 0.3 is 0 Å². The minimum absolute atomic E-state index is 0.0881. The molecule has 5 heteroatoms. The number of carbonyl (C=O) groups excluding carboxylic acids is 2. The van der Waals surface area contributed by atoms with Crippen molar-refractivity contribution in [2.24, 2.45) is 0 Å². The summed E-state index contributed by atoms with van der Waals surface area (Å²) in [6.07, 6.45) is 0.652. The molecular weight excluding hydrogens is 492 g/mol. The van der Waals surface area contributed by atoms with Crippen molar-refractivity contribution in [3.63, 3.8) is 0 Å². The van der Waals surface area contributed by atoms with Gasteiger partial charge in [0.15, 0.2) is 0 Å². The summed E-state index contributed by atoms with van der Waals surface area (Å²) in [6.45, 7) is 2.66. The zero-order chi connectivity index (χ0) is 26.7.